The molecule has 24 heavy (non-hydrogen) atoms. The summed E-state index contributed by atoms with van der Waals surface area (Å²) in [5, 5.41) is 3.26. The lowest BCUT2D eigenvalue weighted by Crippen LogP contribution is -2.36. The van der Waals surface area contributed by atoms with Gasteiger partial charge in [-0.2, -0.15) is 0 Å². The van der Waals surface area contributed by atoms with Crippen LogP contribution < -0.4 is 0 Å². The molecule has 2 heterocycles. The maximum Gasteiger partial charge on any atom is 0.226 e. The Hall–Kier alpha value is -2.07. The molecule has 0 fully saturated rings. The summed E-state index contributed by atoms with van der Waals surface area (Å²) in [7, 11) is 1.94. The van der Waals surface area contributed by atoms with Crippen LogP contribution in [0.4, 0.5) is 0 Å². The Kier molecular flexibility index (Phi) is 5.05. The van der Waals surface area contributed by atoms with Crippen molar-refractivity contribution >= 4 is 28.1 Å². The maximum absolute atomic E-state index is 13.0. The molecule has 3 nitrogen and oxygen atoms in total. The van der Waals surface area contributed by atoms with Gasteiger partial charge in [0.1, 0.15) is 0 Å². The van der Waals surface area contributed by atoms with Gasteiger partial charge in [0.15, 0.2) is 0 Å². The van der Waals surface area contributed by atoms with Crippen molar-refractivity contribution in [2.45, 2.75) is 32.7 Å². The summed E-state index contributed by atoms with van der Waals surface area (Å²) in [6.45, 7) is 4.18. The Bertz CT molecular complexity index is 802. The molecule has 4 heteroatoms. The standard InChI is InChI=1S/C20H24N2OS/c1-4-14(5-2)20(23)22(3)19(18-11-8-12-24-18)16-13-21-17-10-7-6-9-15(16)17/h6-14,19,21H,4-5H2,1-3H3/t19-/m0/s1. The van der Waals surface area contributed by atoms with E-state index in [2.05, 4.69) is 48.5 Å². The minimum Gasteiger partial charge on any atom is -0.361 e. The van der Waals surface area contributed by atoms with E-state index in [9.17, 15) is 4.79 Å². The predicted octanol–water partition coefficient (Wildman–Crippen LogP) is 5.21. The first-order chi connectivity index (χ1) is 11.7. The number of nitrogens with zero attached hydrogens (tertiary/aromatic N) is 1. The van der Waals surface area contributed by atoms with Crippen molar-refractivity contribution in [2.24, 2.45) is 5.92 Å². The Morgan fingerprint density at radius 2 is 1.92 bits per heavy atom. The second-order valence-electron chi connectivity index (χ2n) is 6.17. The molecule has 3 aromatic rings. The molecule has 1 N–H and O–H groups in total. The van der Waals surface area contributed by atoms with Crippen molar-refractivity contribution in [1.82, 2.24) is 9.88 Å². The third kappa shape index (κ3) is 2.98. The zero-order valence-corrected chi connectivity index (χ0v) is 15.3. The molecule has 126 valence electrons. The largest absolute Gasteiger partial charge is 0.361 e. The van der Waals surface area contributed by atoms with Crippen LogP contribution in [0.1, 0.15) is 43.2 Å². The van der Waals surface area contributed by atoms with Crippen molar-refractivity contribution in [2.75, 3.05) is 7.05 Å². The number of aromatic nitrogens is 1. The summed E-state index contributed by atoms with van der Waals surface area (Å²) in [6.07, 6.45) is 3.81. The van der Waals surface area contributed by atoms with Gasteiger partial charge in [-0.1, -0.05) is 38.1 Å². The number of benzene rings is 1. The molecule has 0 spiro atoms. The second kappa shape index (κ2) is 7.22. The topological polar surface area (TPSA) is 36.1 Å². The zero-order chi connectivity index (χ0) is 17.1. The van der Waals surface area contributed by atoms with Crippen molar-refractivity contribution < 1.29 is 4.79 Å². The van der Waals surface area contributed by atoms with Crippen LogP contribution in [0.2, 0.25) is 0 Å². The van der Waals surface area contributed by atoms with E-state index in [1.807, 2.05) is 30.3 Å². The summed E-state index contributed by atoms with van der Waals surface area (Å²) < 4.78 is 0. The molecule has 1 atom stereocenters. The van der Waals surface area contributed by atoms with Gasteiger partial charge >= 0.3 is 0 Å². The van der Waals surface area contributed by atoms with Gasteiger partial charge in [-0.05, 0) is 30.4 Å². The molecular weight excluding hydrogens is 316 g/mol. The van der Waals surface area contributed by atoms with E-state index in [-0.39, 0.29) is 17.9 Å². The Balaban J connectivity index is 2.06. The third-order valence-corrected chi connectivity index (χ3v) is 5.72. The molecule has 2 aromatic heterocycles. The normalized spacial score (nSPS) is 12.7. The van der Waals surface area contributed by atoms with E-state index < -0.39 is 0 Å². The van der Waals surface area contributed by atoms with E-state index in [1.54, 1.807) is 11.3 Å². The molecule has 0 radical (unpaired) electrons. The van der Waals surface area contributed by atoms with Crippen molar-refractivity contribution in [3.8, 4) is 0 Å². The number of rotatable bonds is 6. The van der Waals surface area contributed by atoms with E-state index in [4.69, 9.17) is 0 Å². The van der Waals surface area contributed by atoms with Crippen LogP contribution in [0.25, 0.3) is 10.9 Å². The number of hydrogen-bond acceptors (Lipinski definition) is 2. The highest BCUT2D eigenvalue weighted by atomic mass is 32.1. The first-order valence-electron chi connectivity index (χ1n) is 8.53. The summed E-state index contributed by atoms with van der Waals surface area (Å²) in [5.41, 5.74) is 2.27. The lowest BCUT2D eigenvalue weighted by Gasteiger charge is -2.30. The lowest BCUT2D eigenvalue weighted by atomic mass is 9.98. The van der Waals surface area contributed by atoms with Crippen LogP contribution in [0, 0.1) is 5.92 Å². The molecule has 0 aliphatic rings. The van der Waals surface area contributed by atoms with E-state index in [0.717, 1.165) is 23.9 Å². The molecule has 0 aliphatic carbocycles. The fourth-order valence-electron chi connectivity index (χ4n) is 3.37. The van der Waals surface area contributed by atoms with Gasteiger partial charge in [0.25, 0.3) is 0 Å². The monoisotopic (exact) mass is 340 g/mol. The number of fused-ring (bicyclic) bond motifs is 1. The third-order valence-electron chi connectivity index (χ3n) is 4.80. The molecule has 1 amide bonds. The molecule has 3 rings (SSSR count). The van der Waals surface area contributed by atoms with Gasteiger partial charge in [-0.25, -0.2) is 0 Å². The molecule has 0 saturated carbocycles. The number of carbonyl (C=O) groups excluding carboxylic acids is 1. The average Bonchev–Trinajstić information content (AvgIpc) is 3.27. The van der Waals surface area contributed by atoms with Gasteiger partial charge in [0, 0.05) is 40.5 Å². The summed E-state index contributed by atoms with van der Waals surface area (Å²) in [5.74, 6) is 0.311. The lowest BCUT2D eigenvalue weighted by molar-refractivity contribution is -0.135. The Morgan fingerprint density at radius 1 is 1.17 bits per heavy atom. The van der Waals surface area contributed by atoms with Gasteiger partial charge in [0.2, 0.25) is 5.91 Å². The number of thiophene rings is 1. The Morgan fingerprint density at radius 3 is 2.58 bits per heavy atom. The zero-order valence-electron chi connectivity index (χ0n) is 14.5. The van der Waals surface area contributed by atoms with Crippen molar-refractivity contribution in [1.29, 1.82) is 0 Å². The van der Waals surface area contributed by atoms with Crippen molar-refractivity contribution in [3.63, 3.8) is 0 Å². The molecule has 1 aromatic carbocycles. The molecule has 0 saturated heterocycles. The Labute approximate surface area is 147 Å². The highest BCUT2D eigenvalue weighted by Gasteiger charge is 2.29. The number of para-hydroxylation sites is 1. The predicted molar refractivity (Wildman–Crippen MR) is 101 cm³/mol. The maximum atomic E-state index is 13.0. The minimum atomic E-state index is -0.0470. The summed E-state index contributed by atoms with van der Waals surface area (Å²) in [4.78, 5) is 19.5. The first kappa shape index (κ1) is 16.8. The van der Waals surface area contributed by atoms with Gasteiger partial charge in [-0.3, -0.25) is 4.79 Å². The van der Waals surface area contributed by atoms with Crippen LogP contribution in [-0.4, -0.2) is 22.8 Å². The van der Waals surface area contributed by atoms with Gasteiger partial charge < -0.3 is 9.88 Å². The van der Waals surface area contributed by atoms with E-state index in [0.29, 0.717) is 0 Å². The molecule has 0 aliphatic heterocycles. The van der Waals surface area contributed by atoms with Gasteiger partial charge in [-0.15, -0.1) is 11.3 Å². The fourth-order valence-corrected chi connectivity index (χ4v) is 4.26. The number of nitrogens with one attached hydrogen (secondary N) is 1. The fraction of sp³-hybridized carbons (Fsp3) is 0.350. The smallest absolute Gasteiger partial charge is 0.226 e. The quantitative estimate of drug-likeness (QED) is 0.656. The molecular formula is C20H24N2OS. The number of carbonyl (C=O) groups is 1. The summed E-state index contributed by atoms with van der Waals surface area (Å²) in [6, 6.07) is 12.4. The van der Waals surface area contributed by atoms with Crippen LogP contribution >= 0.6 is 11.3 Å². The van der Waals surface area contributed by atoms with Crippen LogP contribution in [0.15, 0.2) is 48.0 Å². The molecule has 0 unspecified atom stereocenters. The SMILES string of the molecule is CCC(CC)C(=O)N(C)[C@H](c1cccs1)c1c[nH]c2ccccc12. The number of hydrogen-bond donors (Lipinski definition) is 1. The highest BCUT2D eigenvalue weighted by Crippen LogP contribution is 2.36. The number of aromatic amines is 1. The van der Waals surface area contributed by atoms with E-state index in [1.165, 1.54) is 10.3 Å². The van der Waals surface area contributed by atoms with Gasteiger partial charge in [0.05, 0.1) is 6.04 Å². The van der Waals surface area contributed by atoms with Crippen molar-refractivity contribution in [3.05, 3.63) is 58.4 Å². The number of H-pyrrole nitrogens is 1. The molecule has 0 bridgehead atoms. The van der Waals surface area contributed by atoms with E-state index >= 15 is 0 Å². The highest BCUT2D eigenvalue weighted by molar-refractivity contribution is 7.10. The van der Waals surface area contributed by atoms with Crippen LogP contribution in [-0.2, 0) is 4.79 Å². The summed E-state index contributed by atoms with van der Waals surface area (Å²) >= 11 is 1.70. The number of amides is 1. The minimum absolute atomic E-state index is 0.0470. The average molecular weight is 340 g/mol. The van der Waals surface area contributed by atoms with Crippen LogP contribution in [0.3, 0.4) is 0 Å². The van der Waals surface area contributed by atoms with Crippen LogP contribution in [0.5, 0.6) is 0 Å². The first-order valence-corrected chi connectivity index (χ1v) is 9.41. The second-order valence-corrected chi connectivity index (χ2v) is 7.15.